The largest absolute Gasteiger partial charge is 0.504 e. The lowest BCUT2D eigenvalue weighted by molar-refractivity contribution is -0.385. The fraction of sp³-hybridized carbons (Fsp3) is 0.333. The highest BCUT2D eigenvalue weighted by molar-refractivity contribution is 5.88. The fourth-order valence-electron chi connectivity index (χ4n) is 2.88. The van der Waals surface area contributed by atoms with E-state index in [-0.39, 0.29) is 34.8 Å². The molecule has 31 heavy (non-hydrogen) atoms. The van der Waals surface area contributed by atoms with E-state index in [1.165, 1.54) is 7.11 Å². The van der Waals surface area contributed by atoms with Gasteiger partial charge in [-0.05, 0) is 23.1 Å². The monoisotopic (exact) mass is 429 g/mol. The zero-order valence-corrected chi connectivity index (χ0v) is 17.5. The molecule has 10 nitrogen and oxygen atoms in total. The number of nitrogens with one attached hydrogen (secondary N) is 1. The first kappa shape index (κ1) is 21.9. The molecular formula is C21H23N3O7. The molecule has 0 fully saturated rings. The van der Waals surface area contributed by atoms with Gasteiger partial charge < -0.3 is 19.3 Å². The normalized spacial score (nSPS) is 15.5. The predicted octanol–water partition coefficient (Wildman–Crippen LogP) is 2.90. The van der Waals surface area contributed by atoms with E-state index in [9.17, 15) is 20.0 Å². The molecule has 0 saturated heterocycles. The quantitative estimate of drug-likeness (QED) is 0.424. The standard InChI is InChI=1S/C21H23N3O7/c1-21(2,3)13-5-6-15-16(8-13)31-18(11-30-15)20(26)23-22-10-12-7-14(24(27)28)9-17(29-4)19(12)25/h5-10,18,25H,11H2,1-4H3,(H,23,26)/b22-10+. The molecule has 10 heteroatoms. The molecule has 1 unspecified atom stereocenters. The summed E-state index contributed by atoms with van der Waals surface area (Å²) in [6.45, 7) is 6.19. The van der Waals surface area contributed by atoms with Crippen LogP contribution < -0.4 is 19.6 Å². The Morgan fingerprint density at radius 1 is 1.32 bits per heavy atom. The molecule has 1 heterocycles. The highest BCUT2D eigenvalue weighted by Crippen LogP contribution is 2.36. The van der Waals surface area contributed by atoms with Crippen LogP contribution in [-0.2, 0) is 10.2 Å². The molecule has 0 spiro atoms. The number of hydrogen-bond donors (Lipinski definition) is 2. The smallest absolute Gasteiger partial charge is 0.284 e. The van der Waals surface area contributed by atoms with Crippen LogP contribution in [0.5, 0.6) is 23.0 Å². The van der Waals surface area contributed by atoms with E-state index in [1.54, 1.807) is 6.07 Å². The van der Waals surface area contributed by atoms with Crippen molar-refractivity contribution in [2.45, 2.75) is 32.3 Å². The van der Waals surface area contributed by atoms with Crippen LogP contribution >= 0.6 is 0 Å². The van der Waals surface area contributed by atoms with Gasteiger partial charge in [-0.1, -0.05) is 26.8 Å². The summed E-state index contributed by atoms with van der Waals surface area (Å²) in [6, 6.07) is 7.79. The molecule has 0 aromatic heterocycles. The Balaban J connectivity index is 1.72. The number of hydrogen-bond acceptors (Lipinski definition) is 8. The van der Waals surface area contributed by atoms with Gasteiger partial charge in [0.25, 0.3) is 11.6 Å². The van der Waals surface area contributed by atoms with Crippen molar-refractivity contribution >= 4 is 17.8 Å². The van der Waals surface area contributed by atoms with Crippen molar-refractivity contribution in [3.05, 3.63) is 51.6 Å². The minimum absolute atomic E-state index is 0.000893. The molecule has 2 aromatic rings. The third kappa shape index (κ3) is 4.85. The summed E-state index contributed by atoms with van der Waals surface area (Å²) in [6.07, 6.45) is 0.145. The Kier molecular flexibility index (Phi) is 6.00. The van der Waals surface area contributed by atoms with E-state index in [2.05, 4.69) is 31.3 Å². The Morgan fingerprint density at radius 3 is 2.71 bits per heavy atom. The number of methoxy groups -OCH3 is 1. The van der Waals surface area contributed by atoms with Crippen LogP contribution in [0.15, 0.2) is 35.4 Å². The first-order valence-corrected chi connectivity index (χ1v) is 9.42. The Morgan fingerprint density at radius 2 is 2.06 bits per heavy atom. The number of hydrazone groups is 1. The Hall–Kier alpha value is -3.82. The maximum atomic E-state index is 12.4. The molecule has 164 valence electrons. The van der Waals surface area contributed by atoms with Crippen LogP contribution in [0.2, 0.25) is 0 Å². The van der Waals surface area contributed by atoms with Gasteiger partial charge >= 0.3 is 0 Å². The molecule has 1 aliphatic rings. The fourth-order valence-corrected chi connectivity index (χ4v) is 2.88. The van der Waals surface area contributed by atoms with E-state index in [1.807, 2.05) is 12.1 Å². The number of non-ortho nitro benzene ring substituents is 1. The summed E-state index contributed by atoms with van der Waals surface area (Å²) in [5.74, 6) is 0.0159. The Bertz CT molecular complexity index is 1040. The molecule has 0 bridgehead atoms. The lowest BCUT2D eigenvalue weighted by Gasteiger charge is -2.27. The van der Waals surface area contributed by atoms with E-state index in [0.717, 1.165) is 23.9 Å². The molecule has 2 N–H and O–H groups in total. The average molecular weight is 429 g/mol. The number of ether oxygens (including phenoxy) is 3. The predicted molar refractivity (Wildman–Crippen MR) is 112 cm³/mol. The maximum absolute atomic E-state index is 12.4. The summed E-state index contributed by atoms with van der Waals surface area (Å²) in [5, 5.41) is 24.9. The second-order valence-electron chi connectivity index (χ2n) is 7.91. The van der Waals surface area contributed by atoms with Crippen LogP contribution in [0.1, 0.15) is 31.9 Å². The summed E-state index contributed by atoms with van der Waals surface area (Å²) >= 11 is 0. The number of phenolic OH excluding ortho intramolecular Hbond substituents is 1. The van der Waals surface area contributed by atoms with Gasteiger partial charge in [0.1, 0.15) is 6.61 Å². The van der Waals surface area contributed by atoms with Gasteiger partial charge in [0, 0.05) is 11.6 Å². The molecule has 1 aliphatic heterocycles. The van der Waals surface area contributed by atoms with Crippen molar-refractivity contribution < 1.29 is 29.0 Å². The Labute approximate surface area is 178 Å². The summed E-state index contributed by atoms with van der Waals surface area (Å²) in [5.41, 5.74) is 2.94. The number of fused-ring (bicyclic) bond motifs is 1. The van der Waals surface area contributed by atoms with Gasteiger partial charge in [0.05, 0.1) is 24.3 Å². The number of phenols is 1. The van der Waals surface area contributed by atoms with Crippen molar-refractivity contribution in [1.29, 1.82) is 0 Å². The van der Waals surface area contributed by atoms with Crippen molar-refractivity contribution in [2.24, 2.45) is 5.10 Å². The van der Waals surface area contributed by atoms with Crippen LogP contribution in [0.25, 0.3) is 0 Å². The van der Waals surface area contributed by atoms with E-state index in [0.29, 0.717) is 11.5 Å². The molecule has 1 atom stereocenters. The van der Waals surface area contributed by atoms with E-state index >= 15 is 0 Å². The average Bonchev–Trinajstić information content (AvgIpc) is 2.73. The number of amides is 1. The van der Waals surface area contributed by atoms with Crippen molar-refractivity contribution in [1.82, 2.24) is 5.43 Å². The summed E-state index contributed by atoms with van der Waals surface area (Å²) < 4.78 is 16.3. The SMILES string of the molecule is COc1cc([N+](=O)[O-])cc(/C=N/NC(=O)C2COc3ccc(C(C)(C)C)cc3O2)c1O. The third-order valence-corrected chi connectivity index (χ3v) is 4.66. The number of rotatable bonds is 5. The minimum Gasteiger partial charge on any atom is -0.504 e. The molecule has 0 saturated carbocycles. The van der Waals surface area contributed by atoms with Gasteiger partial charge in [-0.2, -0.15) is 5.10 Å². The van der Waals surface area contributed by atoms with Crippen LogP contribution in [0.4, 0.5) is 5.69 Å². The third-order valence-electron chi connectivity index (χ3n) is 4.66. The second kappa shape index (κ2) is 8.50. The number of nitro benzene ring substituents is 1. The first-order chi connectivity index (χ1) is 14.6. The van der Waals surface area contributed by atoms with Crippen LogP contribution in [0.3, 0.4) is 0 Å². The van der Waals surface area contributed by atoms with Crippen molar-refractivity contribution in [3.8, 4) is 23.0 Å². The van der Waals surface area contributed by atoms with Crippen LogP contribution in [-0.4, -0.2) is 42.0 Å². The van der Waals surface area contributed by atoms with Gasteiger partial charge in [-0.15, -0.1) is 0 Å². The number of nitrogens with zero attached hydrogens (tertiary/aromatic N) is 2. The zero-order valence-electron chi connectivity index (χ0n) is 17.5. The molecule has 1 amide bonds. The van der Waals surface area contributed by atoms with Crippen molar-refractivity contribution in [3.63, 3.8) is 0 Å². The van der Waals surface area contributed by atoms with Gasteiger partial charge in [-0.25, -0.2) is 5.43 Å². The summed E-state index contributed by atoms with van der Waals surface area (Å²) in [7, 11) is 1.27. The van der Waals surface area contributed by atoms with Crippen molar-refractivity contribution in [2.75, 3.05) is 13.7 Å². The molecule has 2 aromatic carbocycles. The molecular weight excluding hydrogens is 406 g/mol. The van der Waals surface area contributed by atoms with Gasteiger partial charge in [0.15, 0.2) is 23.0 Å². The number of aromatic hydroxyl groups is 1. The highest BCUT2D eigenvalue weighted by atomic mass is 16.6. The number of carbonyl (C=O) groups is 1. The number of benzene rings is 2. The first-order valence-electron chi connectivity index (χ1n) is 9.42. The lowest BCUT2D eigenvalue weighted by atomic mass is 9.87. The van der Waals surface area contributed by atoms with E-state index in [4.69, 9.17) is 14.2 Å². The van der Waals surface area contributed by atoms with Gasteiger partial charge in [0.2, 0.25) is 6.10 Å². The van der Waals surface area contributed by atoms with E-state index < -0.39 is 16.9 Å². The summed E-state index contributed by atoms with van der Waals surface area (Å²) in [4.78, 5) is 22.8. The highest BCUT2D eigenvalue weighted by Gasteiger charge is 2.28. The van der Waals surface area contributed by atoms with Crippen LogP contribution in [0, 0.1) is 10.1 Å². The van der Waals surface area contributed by atoms with Gasteiger partial charge in [-0.3, -0.25) is 14.9 Å². The topological polar surface area (TPSA) is 133 Å². The molecule has 0 aliphatic carbocycles. The second-order valence-corrected chi connectivity index (χ2v) is 7.91. The maximum Gasteiger partial charge on any atom is 0.284 e. The molecule has 3 rings (SSSR count). The lowest BCUT2D eigenvalue weighted by Crippen LogP contribution is -2.42. The molecule has 0 radical (unpaired) electrons. The zero-order chi connectivity index (χ0) is 22.8. The number of nitro groups is 1. The number of carbonyl (C=O) groups excluding carboxylic acids is 1. The minimum atomic E-state index is -0.937.